The van der Waals surface area contributed by atoms with Gasteiger partial charge in [-0.2, -0.15) is 0 Å². The van der Waals surface area contributed by atoms with E-state index < -0.39 is 0 Å². The van der Waals surface area contributed by atoms with Gasteiger partial charge in [-0.05, 0) is 44.5 Å². The maximum Gasteiger partial charge on any atom is 0.143 e. The number of ether oxygens (including phenoxy) is 1. The summed E-state index contributed by atoms with van der Waals surface area (Å²) in [6.07, 6.45) is 0.988. The summed E-state index contributed by atoms with van der Waals surface area (Å²) in [5.41, 5.74) is 9.34. The first-order valence-corrected chi connectivity index (χ1v) is 6.02. The van der Waals surface area contributed by atoms with E-state index in [4.69, 9.17) is 10.5 Å². The van der Waals surface area contributed by atoms with Crippen molar-refractivity contribution in [3.8, 4) is 5.75 Å². The van der Waals surface area contributed by atoms with Gasteiger partial charge in [-0.3, -0.25) is 0 Å². The molecule has 0 saturated carbocycles. The predicted molar refractivity (Wildman–Crippen MR) is 71.6 cm³/mol. The zero-order valence-electron chi connectivity index (χ0n) is 10.8. The first-order valence-electron chi connectivity index (χ1n) is 6.02. The highest BCUT2D eigenvalue weighted by Crippen LogP contribution is 2.31. The molecule has 0 aliphatic carbocycles. The fraction of sp³-hybridized carbons (Fsp3) is 0.429. The Labute approximate surface area is 102 Å². The number of benzene rings is 1. The molecule has 92 valence electrons. The van der Waals surface area contributed by atoms with Gasteiger partial charge in [-0.1, -0.05) is 6.07 Å². The topological polar surface area (TPSA) is 40.2 Å². The van der Waals surface area contributed by atoms with E-state index in [2.05, 4.69) is 30.5 Å². The van der Waals surface area contributed by atoms with Crippen molar-refractivity contribution in [3.63, 3.8) is 0 Å². The summed E-state index contributed by atoms with van der Waals surface area (Å²) < 4.78 is 7.76. The van der Waals surface area contributed by atoms with Crippen LogP contribution in [0.4, 0.5) is 0 Å². The summed E-state index contributed by atoms with van der Waals surface area (Å²) in [4.78, 5) is 0. The van der Waals surface area contributed by atoms with Crippen LogP contribution in [0.15, 0.2) is 18.2 Å². The molecule has 2 rings (SSSR count). The van der Waals surface area contributed by atoms with E-state index in [0.29, 0.717) is 6.54 Å². The molecule has 0 fully saturated rings. The summed E-state index contributed by atoms with van der Waals surface area (Å²) in [5.74, 6) is 0.940. The smallest absolute Gasteiger partial charge is 0.143 e. The number of nitrogens with two attached hydrogens (primary N) is 1. The molecule has 0 bridgehead atoms. The van der Waals surface area contributed by atoms with Crippen molar-refractivity contribution in [2.75, 3.05) is 13.7 Å². The van der Waals surface area contributed by atoms with Crippen molar-refractivity contribution in [1.29, 1.82) is 0 Å². The lowest BCUT2D eigenvalue weighted by Gasteiger charge is -2.11. The average molecular weight is 232 g/mol. The lowest BCUT2D eigenvalue weighted by Crippen LogP contribution is -2.07. The quantitative estimate of drug-likeness (QED) is 0.880. The number of methoxy groups -OCH3 is 1. The Bertz CT molecular complexity index is 528. The lowest BCUT2D eigenvalue weighted by molar-refractivity contribution is 0.416. The van der Waals surface area contributed by atoms with E-state index in [1.807, 2.05) is 6.07 Å². The highest BCUT2D eigenvalue weighted by Gasteiger charge is 2.11. The summed E-state index contributed by atoms with van der Waals surface area (Å²) in [6.45, 7) is 5.93. The van der Waals surface area contributed by atoms with Crippen molar-refractivity contribution in [2.24, 2.45) is 5.73 Å². The van der Waals surface area contributed by atoms with Crippen LogP contribution in [0.1, 0.15) is 17.7 Å². The fourth-order valence-electron chi connectivity index (χ4n) is 2.31. The van der Waals surface area contributed by atoms with E-state index in [1.165, 1.54) is 22.2 Å². The minimum Gasteiger partial charge on any atom is -0.495 e. The summed E-state index contributed by atoms with van der Waals surface area (Å²) >= 11 is 0. The van der Waals surface area contributed by atoms with E-state index in [0.717, 1.165) is 18.7 Å². The van der Waals surface area contributed by atoms with E-state index in [-0.39, 0.29) is 0 Å². The van der Waals surface area contributed by atoms with Crippen LogP contribution in [-0.2, 0) is 6.54 Å². The zero-order chi connectivity index (χ0) is 12.4. The molecule has 1 aromatic heterocycles. The molecular formula is C14H20N2O. The predicted octanol–water partition coefficient (Wildman–Crippen LogP) is 2.62. The molecule has 0 aliphatic heterocycles. The molecule has 0 spiro atoms. The van der Waals surface area contributed by atoms with Crippen LogP contribution in [0.25, 0.3) is 10.9 Å². The second-order valence-electron chi connectivity index (χ2n) is 4.43. The third-order valence-electron chi connectivity index (χ3n) is 3.25. The van der Waals surface area contributed by atoms with Gasteiger partial charge in [0.15, 0.2) is 0 Å². The molecule has 3 heteroatoms. The molecule has 0 radical (unpaired) electrons. The van der Waals surface area contributed by atoms with Gasteiger partial charge in [0.25, 0.3) is 0 Å². The Morgan fingerprint density at radius 2 is 2.06 bits per heavy atom. The number of fused-ring (bicyclic) bond motifs is 1. The standard InChI is InChI=1S/C14H20N2O/c1-10-5-6-13(17-3)14-12(10)9-11(2)16(14)8-4-7-15/h5-6,9H,4,7-8,15H2,1-3H3. The molecule has 2 aromatic rings. The molecule has 17 heavy (non-hydrogen) atoms. The van der Waals surface area contributed by atoms with Crippen LogP contribution in [-0.4, -0.2) is 18.2 Å². The van der Waals surface area contributed by atoms with Crippen molar-refractivity contribution in [2.45, 2.75) is 26.8 Å². The molecule has 0 atom stereocenters. The summed E-state index contributed by atoms with van der Waals surface area (Å²) in [5, 5.41) is 1.28. The van der Waals surface area contributed by atoms with Crippen LogP contribution in [0.3, 0.4) is 0 Å². The number of hydrogen-bond donors (Lipinski definition) is 1. The Balaban J connectivity index is 2.64. The van der Waals surface area contributed by atoms with Crippen molar-refractivity contribution >= 4 is 10.9 Å². The maximum absolute atomic E-state index is 5.60. The molecule has 0 saturated heterocycles. The van der Waals surface area contributed by atoms with Crippen molar-refractivity contribution in [1.82, 2.24) is 4.57 Å². The molecule has 1 aromatic carbocycles. The van der Waals surface area contributed by atoms with E-state index >= 15 is 0 Å². The Hall–Kier alpha value is -1.48. The van der Waals surface area contributed by atoms with Gasteiger partial charge in [0.05, 0.1) is 12.6 Å². The van der Waals surface area contributed by atoms with Crippen molar-refractivity contribution < 1.29 is 4.74 Å². The third kappa shape index (κ3) is 2.03. The number of aromatic nitrogens is 1. The molecule has 0 unspecified atom stereocenters. The van der Waals surface area contributed by atoms with Gasteiger partial charge in [0.2, 0.25) is 0 Å². The minimum atomic E-state index is 0.716. The SMILES string of the molecule is COc1ccc(C)c2cc(C)n(CCCN)c12. The van der Waals surface area contributed by atoms with E-state index in [9.17, 15) is 0 Å². The minimum absolute atomic E-state index is 0.716. The summed E-state index contributed by atoms with van der Waals surface area (Å²) in [6, 6.07) is 6.37. The van der Waals surface area contributed by atoms with Crippen LogP contribution >= 0.6 is 0 Å². The Kier molecular flexibility index (Phi) is 3.38. The Morgan fingerprint density at radius 1 is 1.29 bits per heavy atom. The first kappa shape index (κ1) is 12.0. The Morgan fingerprint density at radius 3 is 2.71 bits per heavy atom. The van der Waals surface area contributed by atoms with Gasteiger partial charge in [-0.25, -0.2) is 0 Å². The normalized spacial score (nSPS) is 11.1. The molecule has 1 heterocycles. The van der Waals surface area contributed by atoms with Gasteiger partial charge in [0, 0.05) is 17.6 Å². The lowest BCUT2D eigenvalue weighted by atomic mass is 10.1. The summed E-state index contributed by atoms with van der Waals surface area (Å²) in [7, 11) is 1.72. The monoisotopic (exact) mass is 232 g/mol. The van der Waals surface area contributed by atoms with E-state index in [1.54, 1.807) is 7.11 Å². The second kappa shape index (κ2) is 4.80. The van der Waals surface area contributed by atoms with Crippen LogP contribution in [0.2, 0.25) is 0 Å². The first-order chi connectivity index (χ1) is 8.19. The number of hydrogen-bond acceptors (Lipinski definition) is 2. The highest BCUT2D eigenvalue weighted by atomic mass is 16.5. The highest BCUT2D eigenvalue weighted by molar-refractivity contribution is 5.89. The second-order valence-corrected chi connectivity index (χ2v) is 4.43. The molecule has 2 N–H and O–H groups in total. The van der Waals surface area contributed by atoms with Crippen LogP contribution in [0, 0.1) is 13.8 Å². The number of rotatable bonds is 4. The van der Waals surface area contributed by atoms with Crippen molar-refractivity contribution in [3.05, 3.63) is 29.5 Å². The van der Waals surface area contributed by atoms with Gasteiger partial charge < -0.3 is 15.0 Å². The van der Waals surface area contributed by atoms with Crippen LogP contribution in [0.5, 0.6) is 5.75 Å². The fourth-order valence-corrected chi connectivity index (χ4v) is 2.31. The largest absolute Gasteiger partial charge is 0.495 e. The van der Waals surface area contributed by atoms with Gasteiger partial charge >= 0.3 is 0 Å². The van der Waals surface area contributed by atoms with Crippen LogP contribution < -0.4 is 10.5 Å². The third-order valence-corrected chi connectivity index (χ3v) is 3.25. The molecular weight excluding hydrogens is 212 g/mol. The number of aryl methyl sites for hydroxylation is 3. The van der Waals surface area contributed by atoms with Gasteiger partial charge in [0.1, 0.15) is 5.75 Å². The maximum atomic E-state index is 5.60. The molecule has 0 aliphatic rings. The number of nitrogens with zero attached hydrogens (tertiary/aromatic N) is 1. The molecule has 3 nitrogen and oxygen atoms in total. The average Bonchev–Trinajstić information content (AvgIpc) is 2.65. The zero-order valence-corrected chi connectivity index (χ0v) is 10.8. The molecule has 0 amide bonds. The van der Waals surface area contributed by atoms with Gasteiger partial charge in [-0.15, -0.1) is 0 Å².